The molecule has 11 nitrogen and oxygen atoms in total. The summed E-state index contributed by atoms with van der Waals surface area (Å²) in [5.41, 5.74) is -0.374. The summed E-state index contributed by atoms with van der Waals surface area (Å²) in [6.07, 6.45) is 1.69. The van der Waals surface area contributed by atoms with Gasteiger partial charge in [0.1, 0.15) is 0 Å². The van der Waals surface area contributed by atoms with Gasteiger partial charge >= 0.3 is 5.69 Å². The first-order chi connectivity index (χ1) is 16.2. The number of halogens is 1. The maximum atomic E-state index is 12.7. The van der Waals surface area contributed by atoms with Crippen LogP contribution in [0.15, 0.2) is 44.7 Å². The van der Waals surface area contributed by atoms with E-state index in [1.165, 1.54) is 18.9 Å². The van der Waals surface area contributed by atoms with E-state index < -0.39 is 21.2 Å². The SMILES string of the molecule is CCN=C1S/C(=C\c2cc(Br)c(Oc3ccc([N+](=O)[O-])cc3[N+](=O)[O-])c(OC)c2)C(=O)N1CC. The van der Waals surface area contributed by atoms with Gasteiger partial charge in [-0.15, -0.1) is 0 Å². The van der Waals surface area contributed by atoms with Gasteiger partial charge in [0.15, 0.2) is 16.7 Å². The van der Waals surface area contributed by atoms with E-state index in [0.717, 1.165) is 18.2 Å². The van der Waals surface area contributed by atoms with Crippen molar-refractivity contribution >= 4 is 56.2 Å². The fourth-order valence-electron chi connectivity index (χ4n) is 3.07. The second kappa shape index (κ2) is 10.7. The summed E-state index contributed by atoms with van der Waals surface area (Å²) in [5, 5.41) is 23.0. The van der Waals surface area contributed by atoms with Crippen LogP contribution in [0.1, 0.15) is 19.4 Å². The molecule has 3 rings (SSSR count). The number of carbonyl (C=O) groups is 1. The second-order valence-corrected chi connectivity index (χ2v) is 8.58. The summed E-state index contributed by atoms with van der Waals surface area (Å²) in [5.74, 6) is 0.0207. The molecule has 1 aliphatic rings. The zero-order valence-corrected chi connectivity index (χ0v) is 20.7. The third-order valence-corrected chi connectivity index (χ3v) is 6.24. The van der Waals surface area contributed by atoms with Crippen LogP contribution in [-0.2, 0) is 4.79 Å². The number of hydrogen-bond acceptors (Lipinski definition) is 9. The summed E-state index contributed by atoms with van der Waals surface area (Å²) in [6, 6.07) is 6.37. The van der Waals surface area contributed by atoms with Crippen molar-refractivity contribution in [3.63, 3.8) is 0 Å². The van der Waals surface area contributed by atoms with E-state index in [1.54, 1.807) is 23.1 Å². The Bertz CT molecular complexity index is 1230. The van der Waals surface area contributed by atoms with Crippen molar-refractivity contribution in [2.45, 2.75) is 13.8 Å². The quantitative estimate of drug-likeness (QED) is 0.242. The average molecular weight is 551 g/mol. The van der Waals surface area contributed by atoms with E-state index in [9.17, 15) is 25.0 Å². The Labute approximate surface area is 206 Å². The van der Waals surface area contributed by atoms with Crippen molar-refractivity contribution < 1.29 is 24.1 Å². The van der Waals surface area contributed by atoms with Crippen LogP contribution in [0.25, 0.3) is 6.08 Å². The van der Waals surface area contributed by atoms with Gasteiger partial charge < -0.3 is 9.47 Å². The van der Waals surface area contributed by atoms with E-state index in [4.69, 9.17) is 9.47 Å². The number of amides is 1. The Morgan fingerprint density at radius 3 is 2.47 bits per heavy atom. The van der Waals surface area contributed by atoms with Gasteiger partial charge in [0.2, 0.25) is 5.75 Å². The third-order valence-electron chi connectivity index (χ3n) is 4.61. The van der Waals surface area contributed by atoms with Crippen LogP contribution >= 0.6 is 27.7 Å². The molecule has 1 saturated heterocycles. The van der Waals surface area contributed by atoms with Gasteiger partial charge in [-0.2, -0.15) is 0 Å². The summed E-state index contributed by atoms with van der Waals surface area (Å²) in [6.45, 7) is 4.81. The van der Waals surface area contributed by atoms with Crippen LogP contribution in [0.5, 0.6) is 17.2 Å². The van der Waals surface area contributed by atoms with E-state index in [-0.39, 0.29) is 23.2 Å². The van der Waals surface area contributed by atoms with Gasteiger partial charge in [-0.25, -0.2) is 0 Å². The summed E-state index contributed by atoms with van der Waals surface area (Å²) in [4.78, 5) is 40.1. The van der Waals surface area contributed by atoms with Crippen molar-refractivity contribution in [1.82, 2.24) is 4.90 Å². The van der Waals surface area contributed by atoms with Crippen LogP contribution in [0, 0.1) is 20.2 Å². The summed E-state index contributed by atoms with van der Waals surface area (Å²) in [7, 11) is 1.40. The standard InChI is InChI=1S/C21H19BrN4O7S/c1-4-23-21-24(5-2)20(27)18(34-21)10-12-8-14(22)19(17(9-12)32-3)33-16-7-6-13(25(28)29)11-15(16)26(30)31/h6-11H,4-5H2,1-3H3/b18-10-,23-21?. The zero-order valence-electron chi connectivity index (χ0n) is 18.3. The van der Waals surface area contributed by atoms with Gasteiger partial charge in [-0.3, -0.25) is 34.9 Å². The van der Waals surface area contributed by atoms with Crippen LogP contribution in [0.3, 0.4) is 0 Å². The molecule has 178 valence electrons. The molecule has 0 saturated carbocycles. The van der Waals surface area contributed by atoms with E-state index >= 15 is 0 Å². The molecule has 13 heteroatoms. The number of ether oxygens (including phenoxy) is 2. The molecule has 0 bridgehead atoms. The van der Waals surface area contributed by atoms with E-state index in [1.807, 2.05) is 13.8 Å². The van der Waals surface area contributed by atoms with Crippen molar-refractivity contribution in [1.29, 1.82) is 0 Å². The number of nitrogens with zero attached hydrogens (tertiary/aromatic N) is 4. The zero-order chi connectivity index (χ0) is 25.0. The molecule has 1 heterocycles. The van der Waals surface area contributed by atoms with Gasteiger partial charge in [0.25, 0.3) is 11.6 Å². The highest BCUT2D eigenvalue weighted by atomic mass is 79.9. The molecular weight excluding hydrogens is 532 g/mol. The molecule has 0 aliphatic carbocycles. The number of nitro groups is 2. The van der Waals surface area contributed by atoms with Gasteiger partial charge in [-0.05, 0) is 71.4 Å². The highest BCUT2D eigenvalue weighted by Gasteiger charge is 2.32. The number of carbonyl (C=O) groups excluding carboxylic acids is 1. The number of non-ortho nitro benzene ring substituents is 1. The molecule has 0 atom stereocenters. The molecule has 0 aromatic heterocycles. The van der Waals surface area contributed by atoms with E-state index in [0.29, 0.717) is 33.2 Å². The Morgan fingerprint density at radius 1 is 1.15 bits per heavy atom. The molecule has 34 heavy (non-hydrogen) atoms. The molecule has 0 unspecified atom stereocenters. The highest BCUT2D eigenvalue weighted by Crippen LogP contribution is 2.43. The van der Waals surface area contributed by atoms with Gasteiger partial charge in [0.05, 0.1) is 32.4 Å². The van der Waals surface area contributed by atoms with Crippen molar-refractivity contribution in [2.24, 2.45) is 4.99 Å². The Hall–Kier alpha value is -3.45. The molecule has 0 N–H and O–H groups in total. The molecule has 1 aliphatic heterocycles. The molecule has 2 aromatic carbocycles. The lowest BCUT2D eigenvalue weighted by atomic mass is 10.1. The first kappa shape index (κ1) is 25.2. The van der Waals surface area contributed by atoms with Crippen molar-refractivity contribution in [3.05, 3.63) is 65.5 Å². The molecule has 0 radical (unpaired) electrons. The maximum absolute atomic E-state index is 12.7. The van der Waals surface area contributed by atoms with Crippen molar-refractivity contribution in [3.8, 4) is 17.2 Å². The Morgan fingerprint density at radius 2 is 1.88 bits per heavy atom. The lowest BCUT2D eigenvalue weighted by molar-refractivity contribution is -0.394. The highest BCUT2D eigenvalue weighted by molar-refractivity contribution is 9.10. The molecule has 2 aromatic rings. The normalized spacial score (nSPS) is 15.8. The number of methoxy groups -OCH3 is 1. The van der Waals surface area contributed by atoms with Gasteiger partial charge in [0, 0.05) is 19.2 Å². The molecule has 1 fully saturated rings. The fourth-order valence-corrected chi connectivity index (χ4v) is 4.72. The fraction of sp³-hybridized carbons (Fsp3) is 0.238. The smallest absolute Gasteiger partial charge is 0.318 e. The summed E-state index contributed by atoms with van der Waals surface area (Å²) >= 11 is 4.66. The number of likely N-dealkylation sites (N-methyl/N-ethyl adjacent to an activating group) is 1. The Kier molecular flexibility index (Phi) is 7.89. The monoisotopic (exact) mass is 550 g/mol. The largest absolute Gasteiger partial charge is 0.493 e. The number of aliphatic imine (C=N–C) groups is 1. The number of hydrogen-bond donors (Lipinski definition) is 0. The number of thioether (sulfide) groups is 1. The van der Waals surface area contributed by atoms with Gasteiger partial charge in [-0.1, -0.05) is 0 Å². The van der Waals surface area contributed by atoms with Crippen LogP contribution < -0.4 is 9.47 Å². The minimum Gasteiger partial charge on any atom is -0.493 e. The van der Waals surface area contributed by atoms with Crippen LogP contribution in [-0.4, -0.2) is 46.0 Å². The van der Waals surface area contributed by atoms with Crippen LogP contribution in [0.4, 0.5) is 11.4 Å². The molecular formula is C21H19BrN4O7S. The minimum atomic E-state index is -0.765. The van der Waals surface area contributed by atoms with E-state index in [2.05, 4.69) is 20.9 Å². The van der Waals surface area contributed by atoms with Crippen molar-refractivity contribution in [2.75, 3.05) is 20.2 Å². The molecule has 1 amide bonds. The molecule has 0 spiro atoms. The summed E-state index contributed by atoms with van der Waals surface area (Å²) < 4.78 is 11.5. The third kappa shape index (κ3) is 5.20. The topological polar surface area (TPSA) is 137 Å². The first-order valence-electron chi connectivity index (χ1n) is 9.94. The second-order valence-electron chi connectivity index (χ2n) is 6.72. The Balaban J connectivity index is 1.99. The predicted octanol–water partition coefficient (Wildman–Crippen LogP) is 5.38. The predicted molar refractivity (Wildman–Crippen MR) is 131 cm³/mol. The maximum Gasteiger partial charge on any atom is 0.318 e. The lowest BCUT2D eigenvalue weighted by Gasteiger charge is -2.13. The average Bonchev–Trinajstić information content (AvgIpc) is 3.09. The number of amidine groups is 1. The first-order valence-corrected chi connectivity index (χ1v) is 11.5. The minimum absolute atomic E-state index is 0.135. The number of benzene rings is 2. The number of rotatable bonds is 8. The number of nitro benzene ring substituents is 2. The lowest BCUT2D eigenvalue weighted by Crippen LogP contribution is -2.28. The van der Waals surface area contributed by atoms with Crippen LogP contribution in [0.2, 0.25) is 0 Å².